The smallest absolute Gasteiger partial charge is 0.0773 e. The zero-order valence-electron chi connectivity index (χ0n) is 11.9. The van der Waals surface area contributed by atoms with Crippen LogP contribution in [-0.2, 0) is 4.74 Å². The molecule has 1 saturated carbocycles. The second-order valence-electron chi connectivity index (χ2n) is 6.52. The first-order valence-corrected chi connectivity index (χ1v) is 6.78. The van der Waals surface area contributed by atoms with Crippen LogP contribution in [0.15, 0.2) is 30.3 Å². The van der Waals surface area contributed by atoms with Crippen LogP contribution < -0.4 is 5.73 Å². The lowest BCUT2D eigenvalue weighted by Gasteiger charge is -2.34. The summed E-state index contributed by atoms with van der Waals surface area (Å²) in [5, 5.41) is 0. The lowest BCUT2D eigenvalue weighted by atomic mass is 9.82. The molecule has 2 nitrogen and oxygen atoms in total. The van der Waals surface area contributed by atoms with Gasteiger partial charge in [0.25, 0.3) is 0 Å². The van der Waals surface area contributed by atoms with Crippen molar-refractivity contribution in [3.8, 4) is 0 Å². The number of rotatable bonds is 4. The summed E-state index contributed by atoms with van der Waals surface area (Å²) >= 11 is 0. The number of methoxy groups -OCH3 is 1. The van der Waals surface area contributed by atoms with Gasteiger partial charge in [0.2, 0.25) is 0 Å². The summed E-state index contributed by atoms with van der Waals surface area (Å²) in [7, 11) is 1.77. The minimum atomic E-state index is 0.0952. The topological polar surface area (TPSA) is 35.2 Å². The highest BCUT2D eigenvalue weighted by molar-refractivity contribution is 5.27. The van der Waals surface area contributed by atoms with Crippen molar-refractivity contribution in [2.45, 2.75) is 45.3 Å². The molecule has 18 heavy (non-hydrogen) atoms. The van der Waals surface area contributed by atoms with E-state index in [9.17, 15) is 0 Å². The first-order chi connectivity index (χ1) is 8.45. The molecular weight excluding hydrogens is 222 g/mol. The average molecular weight is 247 g/mol. The van der Waals surface area contributed by atoms with Crippen molar-refractivity contribution < 1.29 is 4.74 Å². The number of benzene rings is 1. The van der Waals surface area contributed by atoms with E-state index in [4.69, 9.17) is 10.5 Å². The fraction of sp³-hybridized carbons (Fsp3) is 0.625. The zero-order chi connectivity index (χ0) is 13.3. The molecule has 0 heterocycles. The summed E-state index contributed by atoms with van der Waals surface area (Å²) in [5.74, 6) is 1.19. The molecule has 4 atom stereocenters. The Kier molecular flexibility index (Phi) is 3.79. The van der Waals surface area contributed by atoms with Crippen molar-refractivity contribution in [1.82, 2.24) is 0 Å². The predicted molar refractivity (Wildman–Crippen MR) is 75.5 cm³/mol. The second kappa shape index (κ2) is 5.02. The third-order valence-corrected chi connectivity index (χ3v) is 4.02. The number of hydrogen-bond donors (Lipinski definition) is 1. The lowest BCUT2D eigenvalue weighted by Crippen LogP contribution is -2.46. The molecule has 0 aliphatic heterocycles. The van der Waals surface area contributed by atoms with Gasteiger partial charge in [0.1, 0.15) is 0 Å². The van der Waals surface area contributed by atoms with Crippen molar-refractivity contribution >= 4 is 0 Å². The summed E-state index contributed by atoms with van der Waals surface area (Å²) < 4.78 is 5.64. The maximum Gasteiger partial charge on any atom is 0.0773 e. The second-order valence-corrected chi connectivity index (χ2v) is 6.52. The fourth-order valence-corrected chi connectivity index (χ4v) is 3.04. The van der Waals surface area contributed by atoms with E-state index in [1.807, 2.05) is 0 Å². The van der Waals surface area contributed by atoms with E-state index in [2.05, 4.69) is 51.1 Å². The van der Waals surface area contributed by atoms with Gasteiger partial charge in [-0.05, 0) is 29.2 Å². The highest BCUT2D eigenvalue weighted by Gasteiger charge is 2.47. The Morgan fingerprint density at radius 2 is 1.83 bits per heavy atom. The van der Waals surface area contributed by atoms with Crippen LogP contribution >= 0.6 is 0 Å². The maximum absolute atomic E-state index is 6.42. The average Bonchev–Trinajstić information content (AvgIpc) is 3.09. The summed E-state index contributed by atoms with van der Waals surface area (Å²) in [5.41, 5.74) is 7.94. The van der Waals surface area contributed by atoms with Gasteiger partial charge < -0.3 is 10.5 Å². The van der Waals surface area contributed by atoms with Crippen molar-refractivity contribution in [3.05, 3.63) is 35.9 Å². The van der Waals surface area contributed by atoms with E-state index in [0.717, 1.165) is 0 Å². The number of ether oxygens (including phenoxy) is 1. The van der Waals surface area contributed by atoms with Crippen LogP contribution in [0.1, 0.15) is 38.7 Å². The zero-order valence-corrected chi connectivity index (χ0v) is 11.9. The Morgan fingerprint density at radius 3 is 2.33 bits per heavy atom. The lowest BCUT2D eigenvalue weighted by molar-refractivity contribution is -0.00715. The molecule has 0 bridgehead atoms. The van der Waals surface area contributed by atoms with Gasteiger partial charge in [0.15, 0.2) is 0 Å². The molecule has 0 aromatic heterocycles. The molecule has 1 aliphatic rings. The monoisotopic (exact) mass is 247 g/mol. The van der Waals surface area contributed by atoms with Gasteiger partial charge >= 0.3 is 0 Å². The van der Waals surface area contributed by atoms with Gasteiger partial charge in [0, 0.05) is 13.2 Å². The Labute approximate surface area is 111 Å². The van der Waals surface area contributed by atoms with E-state index >= 15 is 0 Å². The van der Waals surface area contributed by atoms with Gasteiger partial charge in [0.05, 0.1) is 6.10 Å². The first kappa shape index (κ1) is 13.6. The summed E-state index contributed by atoms with van der Waals surface area (Å²) in [4.78, 5) is 0. The van der Waals surface area contributed by atoms with Crippen LogP contribution in [0.4, 0.5) is 0 Å². The summed E-state index contributed by atoms with van der Waals surface area (Å²) in [6.07, 6.45) is 1.32. The molecule has 1 fully saturated rings. The van der Waals surface area contributed by atoms with E-state index in [1.165, 1.54) is 12.0 Å². The minimum absolute atomic E-state index is 0.0952. The van der Waals surface area contributed by atoms with Gasteiger partial charge in [-0.1, -0.05) is 51.1 Å². The molecule has 0 spiro atoms. The molecule has 1 aliphatic carbocycles. The predicted octanol–water partition coefficient (Wildman–Crippen LogP) is 3.18. The van der Waals surface area contributed by atoms with Crippen LogP contribution in [0.2, 0.25) is 0 Å². The fourth-order valence-electron chi connectivity index (χ4n) is 3.04. The van der Waals surface area contributed by atoms with Crippen LogP contribution in [0.3, 0.4) is 0 Å². The summed E-state index contributed by atoms with van der Waals surface area (Å²) in [6, 6.07) is 10.8. The molecule has 100 valence electrons. The van der Waals surface area contributed by atoms with Crippen LogP contribution in [0.25, 0.3) is 0 Å². The Bertz CT molecular complexity index is 382. The highest BCUT2D eigenvalue weighted by Crippen LogP contribution is 2.51. The molecule has 1 aromatic rings. The molecule has 2 rings (SSSR count). The van der Waals surface area contributed by atoms with Crippen molar-refractivity contribution in [1.29, 1.82) is 0 Å². The summed E-state index contributed by atoms with van der Waals surface area (Å²) in [6.45, 7) is 6.59. The van der Waals surface area contributed by atoms with Gasteiger partial charge in [-0.3, -0.25) is 0 Å². The molecule has 0 amide bonds. The SMILES string of the molecule is COC(C(N)C1CC1c1ccccc1)C(C)(C)C. The molecule has 1 aromatic carbocycles. The van der Waals surface area contributed by atoms with Crippen molar-refractivity contribution in [3.63, 3.8) is 0 Å². The van der Waals surface area contributed by atoms with Crippen LogP contribution in [0, 0.1) is 11.3 Å². The van der Waals surface area contributed by atoms with E-state index < -0.39 is 0 Å². The normalized spacial score (nSPS) is 26.7. The van der Waals surface area contributed by atoms with Gasteiger partial charge in [-0.2, -0.15) is 0 Å². The molecule has 2 heteroatoms. The van der Waals surface area contributed by atoms with Gasteiger partial charge in [-0.25, -0.2) is 0 Å². The van der Waals surface area contributed by atoms with Crippen molar-refractivity contribution in [2.75, 3.05) is 7.11 Å². The van der Waals surface area contributed by atoms with E-state index in [0.29, 0.717) is 11.8 Å². The Hall–Kier alpha value is -0.860. The highest BCUT2D eigenvalue weighted by atomic mass is 16.5. The molecular formula is C16H25NO. The Balaban J connectivity index is 2.03. The molecule has 2 N–H and O–H groups in total. The first-order valence-electron chi connectivity index (χ1n) is 6.78. The van der Waals surface area contributed by atoms with Crippen molar-refractivity contribution in [2.24, 2.45) is 17.1 Å². The minimum Gasteiger partial charge on any atom is -0.379 e. The largest absolute Gasteiger partial charge is 0.379 e. The van der Waals surface area contributed by atoms with E-state index in [-0.39, 0.29) is 17.6 Å². The number of nitrogens with two attached hydrogens (primary N) is 1. The van der Waals surface area contributed by atoms with E-state index in [1.54, 1.807) is 7.11 Å². The number of hydrogen-bond acceptors (Lipinski definition) is 2. The molecule has 4 unspecified atom stereocenters. The standard InChI is InChI=1S/C16H25NO/c1-16(2,3)15(18-4)14(17)13-10-12(13)11-8-6-5-7-9-11/h5-9,12-15H,10,17H2,1-4H3. The molecule has 0 radical (unpaired) electrons. The third kappa shape index (κ3) is 2.76. The quantitative estimate of drug-likeness (QED) is 0.887. The van der Waals surface area contributed by atoms with Crippen LogP contribution in [-0.4, -0.2) is 19.3 Å². The third-order valence-electron chi connectivity index (χ3n) is 4.02. The maximum atomic E-state index is 6.42. The Morgan fingerprint density at radius 1 is 1.22 bits per heavy atom. The molecule has 0 saturated heterocycles. The van der Waals surface area contributed by atoms with Gasteiger partial charge in [-0.15, -0.1) is 0 Å². The van der Waals surface area contributed by atoms with Crippen LogP contribution in [0.5, 0.6) is 0 Å².